The zero-order valence-corrected chi connectivity index (χ0v) is 16.1. The van der Waals surface area contributed by atoms with Crippen molar-refractivity contribution in [1.29, 1.82) is 10.7 Å². The summed E-state index contributed by atoms with van der Waals surface area (Å²) < 4.78 is 0. The van der Waals surface area contributed by atoms with Gasteiger partial charge in [0.15, 0.2) is 0 Å². The normalized spacial score (nSPS) is 12.0. The molecule has 4 aromatic rings. The van der Waals surface area contributed by atoms with Crippen LogP contribution >= 0.6 is 0 Å². The predicted octanol–water partition coefficient (Wildman–Crippen LogP) is 7.20. The zero-order chi connectivity index (χ0) is 20.4. The Bertz CT molecular complexity index is 1310. The highest BCUT2D eigenvalue weighted by molar-refractivity contribution is 6.23. The molecule has 0 bridgehead atoms. The Balaban J connectivity index is 1.66. The average molecular weight is 372 g/mol. The van der Waals surface area contributed by atoms with E-state index in [1.54, 1.807) is 12.2 Å². The van der Waals surface area contributed by atoms with Gasteiger partial charge >= 0.3 is 0 Å². The molecular formula is C27H20N2. The van der Waals surface area contributed by atoms with E-state index in [-0.39, 0.29) is 0 Å². The first-order valence-electron chi connectivity index (χ1n) is 9.46. The van der Waals surface area contributed by atoms with E-state index in [1.165, 1.54) is 38.4 Å². The van der Waals surface area contributed by atoms with Crippen molar-refractivity contribution < 1.29 is 0 Å². The van der Waals surface area contributed by atoms with Crippen LogP contribution in [0.25, 0.3) is 37.9 Å². The largest absolute Gasteiger partial charge is 0.305 e. The number of benzene rings is 4. The summed E-state index contributed by atoms with van der Waals surface area (Å²) in [7, 11) is 0. The van der Waals surface area contributed by atoms with Gasteiger partial charge in [-0.15, -0.1) is 0 Å². The van der Waals surface area contributed by atoms with Gasteiger partial charge in [-0.05, 0) is 61.7 Å². The lowest BCUT2D eigenvalue weighted by Crippen LogP contribution is -1.90. The lowest BCUT2D eigenvalue weighted by molar-refractivity contribution is 1.36. The lowest BCUT2D eigenvalue weighted by atomic mass is 9.91. The van der Waals surface area contributed by atoms with Crippen molar-refractivity contribution in [3.05, 3.63) is 103 Å². The van der Waals surface area contributed by atoms with E-state index >= 15 is 0 Å². The molecule has 0 aromatic heterocycles. The third kappa shape index (κ3) is 3.47. The van der Waals surface area contributed by atoms with Gasteiger partial charge in [0.05, 0.1) is 6.07 Å². The molecule has 4 rings (SSSR count). The predicted molar refractivity (Wildman–Crippen MR) is 125 cm³/mol. The van der Waals surface area contributed by atoms with Crippen LogP contribution in [0.4, 0.5) is 0 Å². The van der Waals surface area contributed by atoms with Crippen molar-refractivity contribution in [2.24, 2.45) is 0 Å². The number of nitrogens with zero attached hydrogens (tertiary/aromatic N) is 1. The molecule has 0 atom stereocenters. The second-order valence-corrected chi connectivity index (χ2v) is 7.07. The Morgan fingerprint density at radius 3 is 2.10 bits per heavy atom. The molecule has 0 aliphatic heterocycles. The van der Waals surface area contributed by atoms with Gasteiger partial charge < -0.3 is 5.41 Å². The molecule has 0 unspecified atom stereocenters. The van der Waals surface area contributed by atoms with Gasteiger partial charge in [-0.2, -0.15) is 5.26 Å². The third-order valence-corrected chi connectivity index (χ3v) is 5.21. The van der Waals surface area contributed by atoms with Gasteiger partial charge in [-0.25, -0.2) is 0 Å². The minimum atomic E-state index is 0.388. The molecule has 4 aromatic carbocycles. The highest BCUT2D eigenvalue weighted by Crippen LogP contribution is 2.36. The van der Waals surface area contributed by atoms with Crippen LogP contribution in [-0.4, -0.2) is 5.71 Å². The van der Waals surface area contributed by atoms with Crippen molar-refractivity contribution in [2.75, 3.05) is 0 Å². The number of hydrogen-bond donors (Lipinski definition) is 1. The lowest BCUT2D eigenvalue weighted by Gasteiger charge is -2.12. The van der Waals surface area contributed by atoms with Crippen molar-refractivity contribution in [1.82, 2.24) is 0 Å². The smallest absolute Gasteiger partial charge is 0.0988 e. The third-order valence-electron chi connectivity index (χ3n) is 5.21. The first-order valence-corrected chi connectivity index (χ1v) is 9.46. The van der Waals surface area contributed by atoms with E-state index in [4.69, 9.17) is 10.7 Å². The molecule has 0 fully saturated rings. The zero-order valence-electron chi connectivity index (χ0n) is 16.1. The first-order chi connectivity index (χ1) is 14.1. The van der Waals surface area contributed by atoms with Crippen LogP contribution in [0.15, 0.2) is 97.6 Å². The highest BCUT2D eigenvalue weighted by atomic mass is 14.4. The molecule has 2 heteroatoms. The van der Waals surface area contributed by atoms with Crippen LogP contribution in [0.2, 0.25) is 0 Å². The van der Waals surface area contributed by atoms with E-state index in [0.29, 0.717) is 17.7 Å². The minimum absolute atomic E-state index is 0.388. The number of rotatable bonds is 6. The number of nitrogens with one attached hydrogen (secondary N) is 1. The standard InChI is InChI=1S/C27H20N2/c1-3-19(17-28)8-14-25(29)13-7-18(2)24-15-22-11-9-20-5-4-6-21-10-12-23(16-24)27(22)26(20)21/h3-13,15-16,29H,1-2,14H2/b13-7-,19-8+,29-25?. The summed E-state index contributed by atoms with van der Waals surface area (Å²) in [5, 5.41) is 24.5. The fraction of sp³-hybridized carbons (Fsp3) is 0.0370. The molecule has 2 nitrogen and oxygen atoms in total. The summed E-state index contributed by atoms with van der Waals surface area (Å²) in [6.45, 7) is 7.78. The van der Waals surface area contributed by atoms with Crippen LogP contribution < -0.4 is 0 Å². The second-order valence-electron chi connectivity index (χ2n) is 7.07. The van der Waals surface area contributed by atoms with Crippen LogP contribution in [0.1, 0.15) is 12.0 Å². The molecule has 0 aliphatic carbocycles. The van der Waals surface area contributed by atoms with Crippen molar-refractivity contribution in [2.45, 2.75) is 6.42 Å². The van der Waals surface area contributed by atoms with E-state index in [2.05, 4.69) is 67.8 Å². The molecule has 0 spiro atoms. The molecule has 0 aliphatic rings. The average Bonchev–Trinajstić information content (AvgIpc) is 2.76. The maximum Gasteiger partial charge on any atom is 0.0988 e. The van der Waals surface area contributed by atoms with Crippen LogP contribution in [0.5, 0.6) is 0 Å². The molecule has 138 valence electrons. The summed E-state index contributed by atoms with van der Waals surface area (Å²) in [6.07, 6.45) is 7.19. The van der Waals surface area contributed by atoms with E-state index in [1.807, 2.05) is 12.1 Å². The quantitative estimate of drug-likeness (QED) is 0.165. The molecule has 0 saturated carbocycles. The Morgan fingerprint density at radius 1 is 0.931 bits per heavy atom. The van der Waals surface area contributed by atoms with Gasteiger partial charge in [-0.1, -0.05) is 73.9 Å². The second kappa shape index (κ2) is 7.58. The Labute approximate surface area is 170 Å². The van der Waals surface area contributed by atoms with E-state index < -0.39 is 0 Å². The van der Waals surface area contributed by atoms with E-state index in [0.717, 1.165) is 11.1 Å². The van der Waals surface area contributed by atoms with Gasteiger partial charge in [0.2, 0.25) is 0 Å². The van der Waals surface area contributed by atoms with Gasteiger partial charge in [0.1, 0.15) is 0 Å². The molecule has 29 heavy (non-hydrogen) atoms. The number of nitriles is 1. The van der Waals surface area contributed by atoms with Crippen LogP contribution in [0, 0.1) is 16.7 Å². The SMILES string of the molecule is C=C/C(C#N)=C\CC(=N)/C=C\C(=C)c1cc2ccc3cccc4ccc(c1)c2c34. The fourth-order valence-corrected chi connectivity index (χ4v) is 3.70. The maximum absolute atomic E-state index is 8.91. The minimum Gasteiger partial charge on any atom is -0.305 e. The summed E-state index contributed by atoms with van der Waals surface area (Å²) >= 11 is 0. The molecular weight excluding hydrogens is 352 g/mol. The molecule has 0 heterocycles. The fourth-order valence-electron chi connectivity index (χ4n) is 3.70. The van der Waals surface area contributed by atoms with Crippen molar-refractivity contribution >= 4 is 43.6 Å². The highest BCUT2D eigenvalue weighted by Gasteiger charge is 2.09. The molecule has 1 N–H and O–H groups in total. The van der Waals surface area contributed by atoms with Gasteiger partial charge in [0, 0.05) is 17.7 Å². The topological polar surface area (TPSA) is 47.6 Å². The van der Waals surface area contributed by atoms with Crippen LogP contribution in [0.3, 0.4) is 0 Å². The maximum atomic E-state index is 8.91. The Morgan fingerprint density at radius 2 is 1.52 bits per heavy atom. The van der Waals surface area contributed by atoms with Gasteiger partial charge in [-0.3, -0.25) is 0 Å². The molecule has 0 saturated heterocycles. The van der Waals surface area contributed by atoms with Crippen LogP contribution in [-0.2, 0) is 0 Å². The Kier molecular flexibility index (Phi) is 4.81. The van der Waals surface area contributed by atoms with E-state index in [9.17, 15) is 0 Å². The summed E-state index contributed by atoms with van der Waals surface area (Å²) in [5.41, 5.74) is 2.79. The summed E-state index contributed by atoms with van der Waals surface area (Å²) in [6, 6.07) is 21.4. The summed E-state index contributed by atoms with van der Waals surface area (Å²) in [4.78, 5) is 0. The molecule has 0 radical (unpaired) electrons. The van der Waals surface area contributed by atoms with Crippen molar-refractivity contribution in [3.63, 3.8) is 0 Å². The summed E-state index contributed by atoms with van der Waals surface area (Å²) in [5.74, 6) is 0. The van der Waals surface area contributed by atoms with Crippen molar-refractivity contribution in [3.8, 4) is 6.07 Å². The van der Waals surface area contributed by atoms with Gasteiger partial charge in [0.25, 0.3) is 0 Å². The monoisotopic (exact) mass is 372 g/mol. The number of hydrogen-bond acceptors (Lipinski definition) is 2. The first kappa shape index (κ1) is 18.4. The molecule has 0 amide bonds. The Hall–Kier alpha value is -3.96. The number of allylic oxidation sites excluding steroid dienone is 6.